The molecule has 19 heavy (non-hydrogen) atoms. The quantitative estimate of drug-likeness (QED) is 0.569. The van der Waals surface area contributed by atoms with Gasteiger partial charge in [-0.2, -0.15) is 9.97 Å². The summed E-state index contributed by atoms with van der Waals surface area (Å²) in [6, 6.07) is 8.09. The molecule has 0 saturated heterocycles. The van der Waals surface area contributed by atoms with Crippen LogP contribution in [-0.2, 0) is 0 Å². The number of aromatic amines is 2. The van der Waals surface area contributed by atoms with Crippen LogP contribution in [0, 0.1) is 0 Å². The van der Waals surface area contributed by atoms with E-state index in [0.29, 0.717) is 23.3 Å². The summed E-state index contributed by atoms with van der Waals surface area (Å²) in [6.07, 6.45) is 3.36. The molecular formula is C12H8N6O. The standard InChI is InChI=1S/C12H8N6O/c1-3-7-9(13-5-1)17-11(15-7)19-12-16-8-4-2-6-14-10(8)18-12/h1-6H,(H,13,15,17)(H,14,16,18). The molecular weight excluding hydrogens is 244 g/mol. The van der Waals surface area contributed by atoms with Crippen molar-refractivity contribution >= 4 is 22.3 Å². The van der Waals surface area contributed by atoms with Crippen LogP contribution < -0.4 is 4.74 Å². The maximum atomic E-state index is 5.54. The largest absolute Gasteiger partial charge is 0.391 e. The topological polar surface area (TPSA) is 92.4 Å². The minimum atomic E-state index is 0.341. The lowest BCUT2D eigenvalue weighted by atomic mass is 10.4. The Bertz CT molecular complexity index is 727. The number of fused-ring (bicyclic) bond motifs is 2. The average Bonchev–Trinajstić information content (AvgIpc) is 3.00. The molecule has 0 atom stereocenters. The summed E-state index contributed by atoms with van der Waals surface area (Å²) in [6.45, 7) is 0. The zero-order valence-electron chi connectivity index (χ0n) is 9.66. The number of pyridine rings is 2. The van der Waals surface area contributed by atoms with Gasteiger partial charge in [-0.1, -0.05) is 0 Å². The SMILES string of the molecule is c1cnc2nc(Oc3nc4ncccc4[nH]3)[nH]c2c1. The summed E-state index contributed by atoms with van der Waals surface area (Å²) >= 11 is 0. The molecule has 92 valence electrons. The monoisotopic (exact) mass is 252 g/mol. The second-order valence-electron chi connectivity index (χ2n) is 3.94. The van der Waals surface area contributed by atoms with Crippen LogP contribution in [0.5, 0.6) is 12.0 Å². The van der Waals surface area contributed by atoms with E-state index in [-0.39, 0.29) is 0 Å². The molecule has 4 aromatic heterocycles. The summed E-state index contributed by atoms with van der Waals surface area (Å²) < 4.78 is 5.54. The Morgan fingerprint density at radius 2 is 1.32 bits per heavy atom. The molecule has 2 N–H and O–H groups in total. The minimum Gasteiger partial charge on any atom is -0.391 e. The van der Waals surface area contributed by atoms with Gasteiger partial charge >= 0.3 is 12.0 Å². The molecule has 4 aromatic rings. The first-order chi connectivity index (χ1) is 9.38. The van der Waals surface area contributed by atoms with E-state index in [0.717, 1.165) is 11.0 Å². The van der Waals surface area contributed by atoms with Crippen LogP contribution in [-0.4, -0.2) is 29.9 Å². The fourth-order valence-corrected chi connectivity index (χ4v) is 1.83. The summed E-state index contributed by atoms with van der Waals surface area (Å²) in [5.41, 5.74) is 2.83. The number of rotatable bonds is 2. The summed E-state index contributed by atoms with van der Waals surface area (Å²) in [7, 11) is 0. The summed E-state index contributed by atoms with van der Waals surface area (Å²) in [5.74, 6) is 0. The van der Waals surface area contributed by atoms with E-state index >= 15 is 0 Å². The van der Waals surface area contributed by atoms with Crippen LogP contribution in [0.3, 0.4) is 0 Å². The van der Waals surface area contributed by atoms with Crippen molar-refractivity contribution in [3.05, 3.63) is 36.7 Å². The lowest BCUT2D eigenvalue weighted by Crippen LogP contribution is -1.87. The number of hydrogen-bond donors (Lipinski definition) is 2. The molecule has 0 bridgehead atoms. The number of nitrogens with zero attached hydrogens (tertiary/aromatic N) is 4. The van der Waals surface area contributed by atoms with Gasteiger partial charge in [0.15, 0.2) is 11.3 Å². The summed E-state index contributed by atoms with van der Waals surface area (Å²) in [4.78, 5) is 22.7. The number of imidazole rings is 2. The van der Waals surface area contributed by atoms with Gasteiger partial charge in [0.05, 0.1) is 11.0 Å². The molecule has 0 aliphatic carbocycles. The van der Waals surface area contributed by atoms with Crippen molar-refractivity contribution in [3.63, 3.8) is 0 Å². The Balaban J connectivity index is 1.73. The molecule has 7 heteroatoms. The van der Waals surface area contributed by atoms with Crippen LogP contribution in [0.2, 0.25) is 0 Å². The van der Waals surface area contributed by atoms with Gasteiger partial charge in [-0.25, -0.2) is 9.97 Å². The van der Waals surface area contributed by atoms with Crippen molar-refractivity contribution < 1.29 is 4.74 Å². The highest BCUT2D eigenvalue weighted by Crippen LogP contribution is 2.20. The minimum absolute atomic E-state index is 0.341. The molecule has 0 aliphatic heterocycles. The first kappa shape index (κ1) is 10.0. The van der Waals surface area contributed by atoms with E-state index in [2.05, 4.69) is 29.9 Å². The molecule has 0 aromatic carbocycles. The van der Waals surface area contributed by atoms with E-state index < -0.39 is 0 Å². The Kier molecular flexibility index (Phi) is 1.99. The van der Waals surface area contributed by atoms with E-state index in [9.17, 15) is 0 Å². The van der Waals surface area contributed by atoms with Crippen LogP contribution in [0.15, 0.2) is 36.7 Å². The highest BCUT2D eigenvalue weighted by molar-refractivity contribution is 5.72. The van der Waals surface area contributed by atoms with Gasteiger partial charge in [0.1, 0.15) is 0 Å². The molecule has 0 unspecified atom stereocenters. The zero-order valence-corrected chi connectivity index (χ0v) is 9.66. The molecule has 4 rings (SSSR count). The third-order valence-corrected chi connectivity index (χ3v) is 2.66. The van der Waals surface area contributed by atoms with E-state index in [1.54, 1.807) is 12.4 Å². The lowest BCUT2D eigenvalue weighted by molar-refractivity contribution is 0.419. The fraction of sp³-hybridized carbons (Fsp3) is 0. The predicted octanol–water partition coefficient (Wildman–Crippen LogP) is 2.02. The molecule has 4 heterocycles. The summed E-state index contributed by atoms with van der Waals surface area (Å²) in [5, 5.41) is 0. The van der Waals surface area contributed by atoms with E-state index in [4.69, 9.17) is 4.74 Å². The van der Waals surface area contributed by atoms with Gasteiger partial charge in [-0.3, -0.25) is 0 Å². The van der Waals surface area contributed by atoms with Crippen molar-refractivity contribution in [2.45, 2.75) is 0 Å². The van der Waals surface area contributed by atoms with Crippen LogP contribution in [0.25, 0.3) is 22.3 Å². The van der Waals surface area contributed by atoms with Gasteiger partial charge in [0, 0.05) is 12.4 Å². The van der Waals surface area contributed by atoms with Crippen LogP contribution in [0.4, 0.5) is 0 Å². The second kappa shape index (κ2) is 3.77. The van der Waals surface area contributed by atoms with Crippen molar-refractivity contribution in [3.8, 4) is 12.0 Å². The Labute approximate surface area is 106 Å². The molecule has 7 nitrogen and oxygen atoms in total. The van der Waals surface area contributed by atoms with E-state index in [1.807, 2.05) is 24.3 Å². The number of nitrogens with one attached hydrogen (secondary N) is 2. The Morgan fingerprint density at radius 3 is 1.79 bits per heavy atom. The fourth-order valence-electron chi connectivity index (χ4n) is 1.83. The van der Waals surface area contributed by atoms with Gasteiger partial charge in [-0.15, -0.1) is 0 Å². The molecule has 0 spiro atoms. The molecule has 0 aliphatic rings. The number of H-pyrrole nitrogens is 2. The number of aromatic nitrogens is 6. The van der Waals surface area contributed by atoms with Crippen LogP contribution in [0.1, 0.15) is 0 Å². The second-order valence-corrected chi connectivity index (χ2v) is 3.94. The molecule has 0 amide bonds. The smallest absolute Gasteiger partial charge is 0.304 e. The zero-order chi connectivity index (χ0) is 12.7. The van der Waals surface area contributed by atoms with Gasteiger partial charge in [0.2, 0.25) is 0 Å². The number of ether oxygens (including phenoxy) is 1. The third-order valence-electron chi connectivity index (χ3n) is 2.66. The first-order valence-electron chi connectivity index (χ1n) is 5.68. The molecule has 0 saturated carbocycles. The maximum absolute atomic E-state index is 5.54. The first-order valence-corrected chi connectivity index (χ1v) is 5.68. The van der Waals surface area contributed by atoms with Gasteiger partial charge < -0.3 is 14.7 Å². The van der Waals surface area contributed by atoms with Crippen molar-refractivity contribution in [2.75, 3.05) is 0 Å². The maximum Gasteiger partial charge on any atom is 0.304 e. The molecule has 0 radical (unpaired) electrons. The van der Waals surface area contributed by atoms with Crippen molar-refractivity contribution in [2.24, 2.45) is 0 Å². The van der Waals surface area contributed by atoms with Crippen molar-refractivity contribution in [1.29, 1.82) is 0 Å². The van der Waals surface area contributed by atoms with Crippen molar-refractivity contribution in [1.82, 2.24) is 29.9 Å². The average molecular weight is 252 g/mol. The van der Waals surface area contributed by atoms with Gasteiger partial charge in [0.25, 0.3) is 0 Å². The lowest BCUT2D eigenvalue weighted by Gasteiger charge is -1.93. The molecule has 0 fully saturated rings. The Hall–Kier alpha value is -2.96. The normalized spacial score (nSPS) is 11.2. The highest BCUT2D eigenvalue weighted by atomic mass is 16.5. The predicted molar refractivity (Wildman–Crippen MR) is 67.9 cm³/mol. The van der Waals surface area contributed by atoms with E-state index in [1.165, 1.54) is 0 Å². The highest BCUT2D eigenvalue weighted by Gasteiger charge is 2.09. The third kappa shape index (κ3) is 1.68. The number of hydrogen-bond acceptors (Lipinski definition) is 5. The van der Waals surface area contributed by atoms with Gasteiger partial charge in [-0.05, 0) is 24.3 Å². The Morgan fingerprint density at radius 1 is 0.789 bits per heavy atom. The van der Waals surface area contributed by atoms with Crippen LogP contribution >= 0.6 is 0 Å².